The van der Waals surface area contributed by atoms with Crippen molar-refractivity contribution in [2.24, 2.45) is 0 Å². The van der Waals surface area contributed by atoms with Crippen LogP contribution < -0.4 is 10.6 Å². The van der Waals surface area contributed by atoms with Crippen molar-refractivity contribution < 1.29 is 9.59 Å². The van der Waals surface area contributed by atoms with Crippen molar-refractivity contribution in [1.82, 2.24) is 20.4 Å². The van der Waals surface area contributed by atoms with Gasteiger partial charge in [0.05, 0.1) is 18.4 Å². The zero-order valence-electron chi connectivity index (χ0n) is 13.6. The summed E-state index contributed by atoms with van der Waals surface area (Å²) in [4.78, 5) is 23.8. The number of carbonyl (C=O) groups excluding carboxylic acids is 2. The quantitative estimate of drug-likeness (QED) is 0.723. The number of benzene rings is 2. The molecular weight excluding hydrogens is 316 g/mol. The lowest BCUT2D eigenvalue weighted by molar-refractivity contribution is -0.120. The Morgan fingerprint density at radius 2 is 1.60 bits per heavy atom. The summed E-state index contributed by atoms with van der Waals surface area (Å²) in [6.07, 6.45) is 3.56. The van der Waals surface area contributed by atoms with Crippen molar-refractivity contribution in [3.8, 4) is 5.69 Å². The van der Waals surface area contributed by atoms with E-state index in [1.807, 2.05) is 42.6 Å². The third-order valence-corrected chi connectivity index (χ3v) is 3.59. The standard InChI is InChI=1S/C19H18N4O2/c24-18(13-21-19(25)16-7-3-1-4-8-16)20-11-15-12-22-23(14-15)17-9-5-2-6-10-17/h1-10,12,14H,11,13H2,(H,20,24)(H,21,25). The van der Waals surface area contributed by atoms with E-state index in [0.29, 0.717) is 12.1 Å². The molecule has 0 atom stereocenters. The van der Waals surface area contributed by atoms with E-state index in [2.05, 4.69) is 15.7 Å². The van der Waals surface area contributed by atoms with E-state index in [4.69, 9.17) is 0 Å². The third kappa shape index (κ3) is 4.54. The van der Waals surface area contributed by atoms with Crippen molar-refractivity contribution >= 4 is 11.8 Å². The topological polar surface area (TPSA) is 76.0 Å². The maximum atomic E-state index is 11.9. The van der Waals surface area contributed by atoms with Gasteiger partial charge in [-0.25, -0.2) is 4.68 Å². The third-order valence-electron chi connectivity index (χ3n) is 3.59. The average Bonchev–Trinajstić information content (AvgIpc) is 3.15. The van der Waals surface area contributed by atoms with Gasteiger partial charge in [0.15, 0.2) is 0 Å². The Hall–Kier alpha value is -3.41. The van der Waals surface area contributed by atoms with Crippen LogP contribution in [0.1, 0.15) is 15.9 Å². The number of nitrogens with zero attached hydrogens (tertiary/aromatic N) is 2. The Kier molecular flexibility index (Phi) is 5.21. The van der Waals surface area contributed by atoms with E-state index in [1.165, 1.54) is 0 Å². The summed E-state index contributed by atoms with van der Waals surface area (Å²) in [5.41, 5.74) is 2.36. The predicted molar refractivity (Wildman–Crippen MR) is 94.2 cm³/mol. The molecule has 2 aromatic carbocycles. The van der Waals surface area contributed by atoms with Gasteiger partial charge in [0.1, 0.15) is 0 Å². The van der Waals surface area contributed by atoms with Gasteiger partial charge in [-0.2, -0.15) is 5.10 Å². The first-order valence-electron chi connectivity index (χ1n) is 7.91. The molecule has 2 amide bonds. The first-order chi connectivity index (χ1) is 12.2. The van der Waals surface area contributed by atoms with Crippen LogP contribution in [-0.4, -0.2) is 28.1 Å². The van der Waals surface area contributed by atoms with Gasteiger partial charge < -0.3 is 10.6 Å². The van der Waals surface area contributed by atoms with Crippen LogP contribution in [0.2, 0.25) is 0 Å². The molecule has 1 aromatic heterocycles. The molecule has 0 aliphatic carbocycles. The molecule has 0 bridgehead atoms. The fourth-order valence-corrected chi connectivity index (χ4v) is 2.29. The lowest BCUT2D eigenvalue weighted by Gasteiger charge is -2.06. The van der Waals surface area contributed by atoms with E-state index in [9.17, 15) is 9.59 Å². The van der Waals surface area contributed by atoms with E-state index in [-0.39, 0.29) is 18.4 Å². The van der Waals surface area contributed by atoms with Crippen LogP contribution in [0.5, 0.6) is 0 Å². The molecule has 126 valence electrons. The number of hydrogen-bond acceptors (Lipinski definition) is 3. The van der Waals surface area contributed by atoms with Crippen LogP contribution in [0.15, 0.2) is 73.1 Å². The highest BCUT2D eigenvalue weighted by molar-refractivity contribution is 5.96. The summed E-state index contributed by atoms with van der Waals surface area (Å²) in [5.74, 6) is -0.524. The zero-order valence-corrected chi connectivity index (χ0v) is 13.6. The molecule has 0 unspecified atom stereocenters. The highest BCUT2D eigenvalue weighted by atomic mass is 16.2. The highest BCUT2D eigenvalue weighted by Gasteiger charge is 2.08. The molecule has 0 fully saturated rings. The van der Waals surface area contributed by atoms with Gasteiger partial charge in [-0.3, -0.25) is 9.59 Å². The van der Waals surface area contributed by atoms with Crippen LogP contribution in [-0.2, 0) is 11.3 Å². The van der Waals surface area contributed by atoms with Crippen LogP contribution in [0, 0.1) is 0 Å². The SMILES string of the molecule is O=C(CNC(=O)c1ccccc1)NCc1cnn(-c2ccccc2)c1. The zero-order chi connectivity index (χ0) is 17.5. The van der Waals surface area contributed by atoms with Gasteiger partial charge in [-0.1, -0.05) is 36.4 Å². The number of aromatic nitrogens is 2. The molecule has 6 nitrogen and oxygen atoms in total. The van der Waals surface area contributed by atoms with E-state index in [0.717, 1.165) is 11.3 Å². The molecule has 0 saturated heterocycles. The molecule has 6 heteroatoms. The van der Waals surface area contributed by atoms with E-state index < -0.39 is 0 Å². The largest absolute Gasteiger partial charge is 0.350 e. The summed E-state index contributed by atoms with van der Waals surface area (Å²) in [5, 5.41) is 9.63. The van der Waals surface area contributed by atoms with Gasteiger partial charge >= 0.3 is 0 Å². The molecule has 3 aromatic rings. The highest BCUT2D eigenvalue weighted by Crippen LogP contribution is 2.07. The van der Waals surface area contributed by atoms with E-state index >= 15 is 0 Å². The Morgan fingerprint density at radius 1 is 0.920 bits per heavy atom. The summed E-state index contributed by atoms with van der Waals surface area (Å²) in [7, 11) is 0. The number of amides is 2. The molecular formula is C19H18N4O2. The molecule has 0 saturated carbocycles. The van der Waals surface area contributed by atoms with Gasteiger partial charge in [0.25, 0.3) is 5.91 Å². The molecule has 0 spiro atoms. The smallest absolute Gasteiger partial charge is 0.251 e. The molecule has 0 radical (unpaired) electrons. The van der Waals surface area contributed by atoms with Crippen LogP contribution in [0.25, 0.3) is 5.69 Å². The van der Waals surface area contributed by atoms with Crippen LogP contribution in [0.4, 0.5) is 0 Å². The van der Waals surface area contributed by atoms with E-state index in [1.54, 1.807) is 35.1 Å². The fraction of sp³-hybridized carbons (Fsp3) is 0.105. The lowest BCUT2D eigenvalue weighted by Crippen LogP contribution is -2.36. The minimum absolute atomic E-state index is 0.0689. The Bertz CT molecular complexity index is 844. The second-order valence-corrected chi connectivity index (χ2v) is 5.45. The monoisotopic (exact) mass is 334 g/mol. The molecule has 0 aliphatic heterocycles. The number of carbonyl (C=O) groups is 2. The summed E-state index contributed by atoms with van der Waals surface area (Å²) < 4.78 is 1.75. The summed E-state index contributed by atoms with van der Waals surface area (Å²) >= 11 is 0. The van der Waals surface area contributed by atoms with Crippen LogP contribution in [0.3, 0.4) is 0 Å². The Labute approximate surface area is 145 Å². The maximum absolute atomic E-state index is 11.9. The number of nitrogens with one attached hydrogen (secondary N) is 2. The Morgan fingerprint density at radius 3 is 2.32 bits per heavy atom. The van der Waals surface area contributed by atoms with Crippen molar-refractivity contribution in [2.45, 2.75) is 6.54 Å². The first kappa shape index (κ1) is 16.4. The Balaban J connectivity index is 1.47. The fourth-order valence-electron chi connectivity index (χ4n) is 2.29. The average molecular weight is 334 g/mol. The predicted octanol–water partition coefficient (Wildman–Crippen LogP) is 1.92. The lowest BCUT2D eigenvalue weighted by atomic mass is 10.2. The van der Waals surface area contributed by atoms with Crippen LogP contribution >= 0.6 is 0 Å². The second-order valence-electron chi connectivity index (χ2n) is 5.45. The maximum Gasteiger partial charge on any atom is 0.251 e. The number of rotatable bonds is 6. The molecule has 3 rings (SSSR count). The molecule has 2 N–H and O–H groups in total. The summed E-state index contributed by atoms with van der Waals surface area (Å²) in [6, 6.07) is 18.5. The minimum atomic E-state index is -0.271. The molecule has 25 heavy (non-hydrogen) atoms. The van der Waals surface area contributed by atoms with Crippen molar-refractivity contribution in [3.05, 3.63) is 84.2 Å². The number of para-hydroxylation sites is 1. The van der Waals surface area contributed by atoms with Crippen molar-refractivity contribution in [3.63, 3.8) is 0 Å². The molecule has 0 aliphatic rings. The van der Waals surface area contributed by atoms with Crippen molar-refractivity contribution in [1.29, 1.82) is 0 Å². The van der Waals surface area contributed by atoms with Gasteiger partial charge in [-0.05, 0) is 24.3 Å². The van der Waals surface area contributed by atoms with Gasteiger partial charge in [-0.15, -0.1) is 0 Å². The molecule has 1 heterocycles. The number of hydrogen-bond donors (Lipinski definition) is 2. The first-order valence-corrected chi connectivity index (χ1v) is 7.91. The minimum Gasteiger partial charge on any atom is -0.350 e. The van der Waals surface area contributed by atoms with Gasteiger partial charge in [0.2, 0.25) is 5.91 Å². The second kappa shape index (κ2) is 7.92. The van der Waals surface area contributed by atoms with Gasteiger partial charge in [0, 0.05) is 23.9 Å². The van der Waals surface area contributed by atoms with Crippen molar-refractivity contribution in [2.75, 3.05) is 6.54 Å². The normalized spacial score (nSPS) is 10.2. The summed E-state index contributed by atoms with van der Waals surface area (Å²) in [6.45, 7) is 0.285.